The van der Waals surface area contributed by atoms with Crippen LogP contribution in [0.25, 0.3) is 5.69 Å². The molecule has 0 radical (unpaired) electrons. The highest BCUT2D eigenvalue weighted by molar-refractivity contribution is 6.32. The van der Waals surface area contributed by atoms with E-state index in [1.165, 1.54) is 24.3 Å². The summed E-state index contributed by atoms with van der Waals surface area (Å²) in [7, 11) is 1.15. The van der Waals surface area contributed by atoms with E-state index in [4.69, 9.17) is 21.1 Å². The summed E-state index contributed by atoms with van der Waals surface area (Å²) < 4.78 is 50.5. The first kappa shape index (κ1) is 24.9. The van der Waals surface area contributed by atoms with E-state index >= 15 is 0 Å². The van der Waals surface area contributed by atoms with Crippen LogP contribution in [-0.4, -0.2) is 46.5 Å². The number of hydrogen-bond donors (Lipinski definition) is 2. The lowest BCUT2D eigenvalue weighted by atomic mass is 10.1. The maximum Gasteiger partial charge on any atom is 0.435 e. The lowest BCUT2D eigenvalue weighted by Crippen LogP contribution is -2.45. The Labute approximate surface area is 196 Å². The minimum absolute atomic E-state index is 0.0316. The molecule has 34 heavy (non-hydrogen) atoms. The maximum atomic E-state index is 13.2. The molecule has 1 amide bonds. The summed E-state index contributed by atoms with van der Waals surface area (Å²) in [5.74, 6) is -1.86. The number of amides is 1. The van der Waals surface area contributed by atoms with Gasteiger partial charge in [0.2, 0.25) is 5.88 Å². The van der Waals surface area contributed by atoms with Gasteiger partial charge in [0.05, 0.1) is 17.8 Å². The van der Waals surface area contributed by atoms with Gasteiger partial charge in [-0.25, -0.2) is 4.79 Å². The van der Waals surface area contributed by atoms with Crippen LogP contribution in [0.5, 0.6) is 11.6 Å². The van der Waals surface area contributed by atoms with E-state index in [0.717, 1.165) is 11.8 Å². The molecule has 0 aliphatic heterocycles. The van der Waals surface area contributed by atoms with E-state index in [2.05, 4.69) is 10.4 Å². The number of methoxy groups -OCH3 is 1. The fraction of sp³-hybridized carbons (Fsp3) is 0.227. The smallest absolute Gasteiger partial charge is 0.435 e. The molecule has 3 aromatic rings. The van der Waals surface area contributed by atoms with Crippen LogP contribution < -0.4 is 10.1 Å². The van der Waals surface area contributed by atoms with Crippen molar-refractivity contribution < 1.29 is 37.3 Å². The summed E-state index contributed by atoms with van der Waals surface area (Å²) in [4.78, 5) is 24.6. The Bertz CT molecular complexity index is 1170. The van der Waals surface area contributed by atoms with E-state index in [9.17, 15) is 27.9 Å². The number of nitrogens with zero attached hydrogens (tertiary/aromatic N) is 2. The molecule has 0 bridgehead atoms. The van der Waals surface area contributed by atoms with E-state index in [1.807, 2.05) is 0 Å². The summed E-state index contributed by atoms with van der Waals surface area (Å²) in [6.07, 6.45) is -4.71. The third kappa shape index (κ3) is 6.19. The van der Waals surface area contributed by atoms with Crippen molar-refractivity contribution in [1.29, 1.82) is 0 Å². The Morgan fingerprint density at radius 2 is 1.85 bits per heavy atom. The molecule has 0 saturated carbocycles. The highest BCUT2D eigenvalue weighted by Crippen LogP contribution is 2.33. The number of phenols is 1. The zero-order chi connectivity index (χ0) is 24.9. The molecule has 12 heteroatoms. The SMILES string of the molecule is COC(=O)[C@H](Cc1ccc(O)cc1)NC(=O)COc1cc(C(F)(F)F)nn1-c1ccccc1Cl. The largest absolute Gasteiger partial charge is 0.508 e. The third-order valence-corrected chi connectivity index (χ3v) is 4.92. The van der Waals surface area contributed by atoms with Gasteiger partial charge in [0.15, 0.2) is 12.3 Å². The van der Waals surface area contributed by atoms with Crippen molar-refractivity contribution in [3.63, 3.8) is 0 Å². The number of esters is 1. The molecule has 0 spiro atoms. The van der Waals surface area contributed by atoms with Crippen LogP contribution in [0.15, 0.2) is 54.6 Å². The van der Waals surface area contributed by atoms with Crippen molar-refractivity contribution >= 4 is 23.5 Å². The fourth-order valence-electron chi connectivity index (χ4n) is 2.98. The van der Waals surface area contributed by atoms with Gasteiger partial charge < -0.3 is 19.9 Å². The molecule has 0 fully saturated rings. The molecule has 180 valence electrons. The lowest BCUT2D eigenvalue weighted by Gasteiger charge is -2.17. The van der Waals surface area contributed by atoms with Gasteiger partial charge in [0.25, 0.3) is 5.91 Å². The second-order valence-corrected chi connectivity index (χ2v) is 7.44. The topological polar surface area (TPSA) is 103 Å². The predicted octanol–water partition coefficient (Wildman–Crippen LogP) is 3.53. The predicted molar refractivity (Wildman–Crippen MR) is 115 cm³/mol. The van der Waals surface area contributed by atoms with Crippen LogP contribution in [0.2, 0.25) is 5.02 Å². The van der Waals surface area contributed by atoms with Crippen LogP contribution in [0.3, 0.4) is 0 Å². The molecule has 1 heterocycles. The molecule has 0 unspecified atom stereocenters. The van der Waals surface area contributed by atoms with Crippen LogP contribution >= 0.6 is 11.6 Å². The van der Waals surface area contributed by atoms with Crippen molar-refractivity contribution in [3.8, 4) is 17.3 Å². The number of para-hydroxylation sites is 1. The molecule has 2 N–H and O–H groups in total. The fourth-order valence-corrected chi connectivity index (χ4v) is 3.20. The Morgan fingerprint density at radius 3 is 2.47 bits per heavy atom. The maximum absolute atomic E-state index is 13.2. The number of aromatic nitrogens is 2. The van der Waals surface area contributed by atoms with Crippen molar-refractivity contribution in [2.45, 2.75) is 18.6 Å². The normalized spacial score (nSPS) is 12.1. The summed E-state index contributed by atoms with van der Waals surface area (Å²) in [5, 5.41) is 15.4. The molecule has 0 saturated heterocycles. The third-order valence-electron chi connectivity index (χ3n) is 4.60. The molecule has 3 rings (SSSR count). The second kappa shape index (κ2) is 10.5. The highest BCUT2D eigenvalue weighted by atomic mass is 35.5. The number of hydrogen-bond acceptors (Lipinski definition) is 6. The highest BCUT2D eigenvalue weighted by Gasteiger charge is 2.36. The van der Waals surface area contributed by atoms with Gasteiger partial charge in [-0.2, -0.15) is 23.0 Å². The Hall–Kier alpha value is -3.73. The Balaban J connectivity index is 1.76. The quantitative estimate of drug-likeness (QED) is 0.462. The van der Waals surface area contributed by atoms with Crippen molar-refractivity contribution in [3.05, 3.63) is 70.9 Å². The molecule has 8 nitrogen and oxygen atoms in total. The number of ether oxygens (including phenoxy) is 2. The average molecular weight is 498 g/mol. The van der Waals surface area contributed by atoms with Crippen molar-refractivity contribution in [2.75, 3.05) is 13.7 Å². The van der Waals surface area contributed by atoms with E-state index in [-0.39, 0.29) is 28.8 Å². The zero-order valence-electron chi connectivity index (χ0n) is 17.7. The summed E-state index contributed by atoms with van der Waals surface area (Å²) >= 11 is 6.08. The number of phenolic OH excluding ortho intramolecular Hbond substituents is 1. The van der Waals surface area contributed by atoms with E-state index < -0.39 is 36.4 Å². The van der Waals surface area contributed by atoms with Crippen LogP contribution in [0, 0.1) is 0 Å². The van der Waals surface area contributed by atoms with Gasteiger partial charge in [-0.1, -0.05) is 35.9 Å². The number of benzene rings is 2. The van der Waals surface area contributed by atoms with Gasteiger partial charge in [-0.15, -0.1) is 0 Å². The molecular formula is C22H19ClF3N3O5. The van der Waals surface area contributed by atoms with Crippen LogP contribution in [0.1, 0.15) is 11.3 Å². The lowest BCUT2D eigenvalue weighted by molar-refractivity contribution is -0.145. The van der Waals surface area contributed by atoms with E-state index in [1.54, 1.807) is 24.3 Å². The minimum Gasteiger partial charge on any atom is -0.508 e. The molecule has 0 aliphatic carbocycles. The van der Waals surface area contributed by atoms with Crippen LogP contribution in [-0.2, 0) is 26.9 Å². The standard InChI is InChI=1S/C22H19ClF3N3O5/c1-33-21(32)16(10-13-6-8-14(30)9-7-13)27-19(31)12-34-20-11-18(22(24,25)26)28-29(20)17-5-3-2-4-15(17)23/h2-9,11,16,30H,10,12H2,1H3,(H,27,31)/t16-/m0/s1. The summed E-state index contributed by atoms with van der Waals surface area (Å²) in [6.45, 7) is -0.712. The first-order chi connectivity index (χ1) is 16.1. The Morgan fingerprint density at radius 1 is 1.18 bits per heavy atom. The van der Waals surface area contributed by atoms with Crippen molar-refractivity contribution in [2.24, 2.45) is 0 Å². The molecule has 0 aliphatic rings. The van der Waals surface area contributed by atoms with Gasteiger partial charge in [0, 0.05) is 12.5 Å². The average Bonchev–Trinajstić information content (AvgIpc) is 3.23. The molecule has 1 atom stereocenters. The number of aromatic hydroxyl groups is 1. The minimum atomic E-state index is -4.76. The summed E-state index contributed by atoms with van der Waals surface area (Å²) in [5.41, 5.74) is -0.488. The Kier molecular flexibility index (Phi) is 7.67. The number of nitrogens with one attached hydrogen (secondary N) is 1. The van der Waals surface area contributed by atoms with Gasteiger partial charge in [-0.3, -0.25) is 4.79 Å². The number of halogens is 4. The molecular weight excluding hydrogens is 479 g/mol. The molecule has 2 aromatic carbocycles. The number of carbonyl (C=O) groups excluding carboxylic acids is 2. The molecule has 1 aromatic heterocycles. The van der Waals surface area contributed by atoms with Gasteiger partial charge in [-0.05, 0) is 29.8 Å². The number of carbonyl (C=O) groups is 2. The second-order valence-electron chi connectivity index (χ2n) is 7.03. The first-order valence-corrected chi connectivity index (χ1v) is 10.2. The number of rotatable bonds is 8. The first-order valence-electron chi connectivity index (χ1n) is 9.78. The number of alkyl halides is 3. The van der Waals surface area contributed by atoms with E-state index in [0.29, 0.717) is 11.6 Å². The van der Waals surface area contributed by atoms with Gasteiger partial charge in [0.1, 0.15) is 11.8 Å². The van der Waals surface area contributed by atoms with Crippen molar-refractivity contribution in [1.82, 2.24) is 15.1 Å². The monoisotopic (exact) mass is 497 g/mol. The zero-order valence-corrected chi connectivity index (χ0v) is 18.4. The van der Waals surface area contributed by atoms with Crippen LogP contribution in [0.4, 0.5) is 13.2 Å². The van der Waals surface area contributed by atoms with Gasteiger partial charge >= 0.3 is 12.1 Å². The summed E-state index contributed by atoms with van der Waals surface area (Å²) in [6, 6.07) is 11.6.